The van der Waals surface area contributed by atoms with Crippen LogP contribution in [0.1, 0.15) is 17.9 Å². The number of hydrogen-bond acceptors (Lipinski definition) is 2. The maximum atomic E-state index is 9.10. The van der Waals surface area contributed by atoms with Gasteiger partial charge in [0, 0.05) is 5.92 Å². The van der Waals surface area contributed by atoms with Gasteiger partial charge < -0.3 is 0 Å². The monoisotopic (exact) mass is 220 g/mol. The summed E-state index contributed by atoms with van der Waals surface area (Å²) in [5.74, 6) is -0.732. The Hall–Kier alpha value is -2.32. The third-order valence-electron chi connectivity index (χ3n) is 2.97. The molecule has 0 fully saturated rings. The van der Waals surface area contributed by atoms with Gasteiger partial charge in [-0.1, -0.05) is 54.1 Å². The Morgan fingerprint density at radius 1 is 1.06 bits per heavy atom. The molecule has 1 aromatic rings. The van der Waals surface area contributed by atoms with Crippen molar-refractivity contribution in [1.29, 1.82) is 10.5 Å². The summed E-state index contributed by atoms with van der Waals surface area (Å²) in [5, 5.41) is 18.2. The third kappa shape index (κ3) is 2.27. The van der Waals surface area contributed by atoms with Crippen LogP contribution < -0.4 is 0 Å². The Kier molecular flexibility index (Phi) is 3.38. The first-order valence-corrected chi connectivity index (χ1v) is 5.56. The molecule has 0 amide bonds. The van der Waals surface area contributed by atoms with Crippen molar-refractivity contribution in [2.24, 2.45) is 5.92 Å². The van der Waals surface area contributed by atoms with Crippen molar-refractivity contribution in [1.82, 2.24) is 0 Å². The van der Waals surface area contributed by atoms with Gasteiger partial charge in [0.15, 0.2) is 0 Å². The fourth-order valence-corrected chi connectivity index (χ4v) is 2.15. The van der Waals surface area contributed by atoms with E-state index < -0.39 is 5.92 Å². The van der Waals surface area contributed by atoms with E-state index in [9.17, 15) is 0 Å². The number of nitrogens with zero attached hydrogens (tertiary/aromatic N) is 2. The summed E-state index contributed by atoms with van der Waals surface area (Å²) >= 11 is 0. The maximum absolute atomic E-state index is 9.10. The first-order chi connectivity index (χ1) is 8.36. The molecule has 1 aromatic carbocycles. The van der Waals surface area contributed by atoms with Crippen molar-refractivity contribution in [2.75, 3.05) is 0 Å². The second kappa shape index (κ2) is 5.14. The van der Waals surface area contributed by atoms with Crippen molar-refractivity contribution in [3.63, 3.8) is 0 Å². The van der Waals surface area contributed by atoms with E-state index in [0.717, 1.165) is 17.6 Å². The van der Waals surface area contributed by atoms with Crippen LogP contribution in [0.4, 0.5) is 0 Å². The van der Waals surface area contributed by atoms with Crippen LogP contribution in [0.25, 0.3) is 0 Å². The predicted octanol–water partition coefficient (Wildman–Crippen LogP) is 3.32. The second-order valence-electron chi connectivity index (χ2n) is 4.00. The minimum absolute atomic E-state index is 0.110. The molecule has 0 N–H and O–H groups in total. The molecule has 0 heterocycles. The number of hydrogen-bond donors (Lipinski definition) is 0. The minimum Gasteiger partial charge on any atom is -0.197 e. The molecule has 0 radical (unpaired) electrons. The van der Waals surface area contributed by atoms with Crippen LogP contribution in [0.15, 0.2) is 54.1 Å². The minimum atomic E-state index is -0.622. The van der Waals surface area contributed by atoms with E-state index in [1.54, 1.807) is 0 Å². The lowest BCUT2D eigenvalue weighted by atomic mass is 9.81. The lowest BCUT2D eigenvalue weighted by Gasteiger charge is -2.19. The second-order valence-corrected chi connectivity index (χ2v) is 4.00. The fraction of sp³-hybridized carbons (Fsp3) is 0.200. The van der Waals surface area contributed by atoms with E-state index in [0.29, 0.717) is 0 Å². The summed E-state index contributed by atoms with van der Waals surface area (Å²) < 4.78 is 0. The molecular weight excluding hydrogens is 208 g/mol. The highest BCUT2D eigenvalue weighted by Gasteiger charge is 2.26. The van der Waals surface area contributed by atoms with Gasteiger partial charge in [-0.3, -0.25) is 0 Å². The van der Waals surface area contributed by atoms with Gasteiger partial charge >= 0.3 is 0 Å². The van der Waals surface area contributed by atoms with Crippen molar-refractivity contribution < 1.29 is 0 Å². The predicted molar refractivity (Wildman–Crippen MR) is 65.7 cm³/mol. The molecule has 0 spiro atoms. The van der Waals surface area contributed by atoms with E-state index >= 15 is 0 Å². The van der Waals surface area contributed by atoms with Crippen LogP contribution in [0.3, 0.4) is 0 Å². The van der Waals surface area contributed by atoms with E-state index in [1.165, 1.54) is 0 Å². The summed E-state index contributed by atoms with van der Waals surface area (Å²) in [7, 11) is 0. The van der Waals surface area contributed by atoms with E-state index in [2.05, 4.69) is 18.2 Å². The van der Waals surface area contributed by atoms with Gasteiger partial charge in [-0.15, -0.1) is 0 Å². The van der Waals surface area contributed by atoms with Crippen molar-refractivity contribution in [3.05, 3.63) is 59.7 Å². The molecule has 1 aliphatic carbocycles. The van der Waals surface area contributed by atoms with Crippen molar-refractivity contribution in [3.8, 4) is 12.1 Å². The Morgan fingerprint density at radius 3 is 2.29 bits per heavy atom. The topological polar surface area (TPSA) is 47.6 Å². The van der Waals surface area contributed by atoms with Gasteiger partial charge in [0.05, 0.1) is 12.1 Å². The van der Waals surface area contributed by atoms with E-state index in [4.69, 9.17) is 10.5 Å². The lowest BCUT2D eigenvalue weighted by molar-refractivity contribution is 0.685. The quantitative estimate of drug-likeness (QED) is 0.784. The van der Waals surface area contributed by atoms with Crippen LogP contribution in [0, 0.1) is 28.6 Å². The zero-order valence-corrected chi connectivity index (χ0v) is 9.38. The van der Waals surface area contributed by atoms with Crippen molar-refractivity contribution in [2.45, 2.75) is 12.3 Å². The number of allylic oxidation sites excluding steroid dienone is 4. The molecule has 82 valence electrons. The molecule has 2 rings (SSSR count). The molecule has 1 aliphatic rings. The zero-order valence-electron chi connectivity index (χ0n) is 9.38. The lowest BCUT2D eigenvalue weighted by Crippen LogP contribution is -2.11. The average Bonchev–Trinajstić information content (AvgIpc) is 2.90. The Labute approximate surface area is 101 Å². The summed E-state index contributed by atoms with van der Waals surface area (Å²) in [6.07, 6.45) is 6.88. The summed E-state index contributed by atoms with van der Waals surface area (Å²) in [6.45, 7) is 0. The molecule has 17 heavy (non-hydrogen) atoms. The first-order valence-electron chi connectivity index (χ1n) is 5.56. The molecule has 1 atom stereocenters. The van der Waals surface area contributed by atoms with Gasteiger partial charge in [0.25, 0.3) is 0 Å². The standard InChI is InChI=1S/C15H12N2/c16-10-14(11-17)15(13-8-4-5-9-13)12-6-2-1-3-7-12/h1-8,14-15H,9H2. The van der Waals surface area contributed by atoms with Gasteiger partial charge in [-0.05, 0) is 12.0 Å². The molecule has 0 aromatic heterocycles. The van der Waals surface area contributed by atoms with Crippen LogP contribution in [0.5, 0.6) is 0 Å². The molecule has 1 unspecified atom stereocenters. The maximum Gasteiger partial charge on any atom is 0.143 e. The number of rotatable bonds is 3. The van der Waals surface area contributed by atoms with Gasteiger partial charge in [-0.25, -0.2) is 0 Å². The molecule has 0 aliphatic heterocycles. The zero-order chi connectivity index (χ0) is 12.1. The molecule has 2 heteroatoms. The normalized spacial score (nSPS) is 15.1. The molecule has 2 nitrogen and oxygen atoms in total. The molecule has 0 bridgehead atoms. The SMILES string of the molecule is N#CC(C#N)C(C1=CC=CC1)c1ccccc1. The molecular formula is C15H12N2. The first kappa shape index (κ1) is 11.2. The fourth-order valence-electron chi connectivity index (χ4n) is 2.15. The van der Waals surface area contributed by atoms with Gasteiger partial charge in [0.1, 0.15) is 5.92 Å². The number of nitriles is 2. The number of benzene rings is 1. The Morgan fingerprint density at radius 2 is 1.76 bits per heavy atom. The highest BCUT2D eigenvalue weighted by molar-refractivity contribution is 5.39. The van der Waals surface area contributed by atoms with Crippen LogP contribution >= 0.6 is 0 Å². The van der Waals surface area contributed by atoms with Crippen LogP contribution in [-0.4, -0.2) is 0 Å². The largest absolute Gasteiger partial charge is 0.197 e. The van der Waals surface area contributed by atoms with Crippen LogP contribution in [-0.2, 0) is 0 Å². The Bertz CT molecular complexity index is 512. The highest BCUT2D eigenvalue weighted by Crippen LogP contribution is 2.35. The smallest absolute Gasteiger partial charge is 0.143 e. The van der Waals surface area contributed by atoms with Gasteiger partial charge in [-0.2, -0.15) is 10.5 Å². The summed E-state index contributed by atoms with van der Waals surface area (Å²) in [4.78, 5) is 0. The summed E-state index contributed by atoms with van der Waals surface area (Å²) in [6, 6.07) is 14.0. The molecule has 0 saturated carbocycles. The average molecular weight is 220 g/mol. The van der Waals surface area contributed by atoms with Crippen LogP contribution in [0.2, 0.25) is 0 Å². The van der Waals surface area contributed by atoms with E-state index in [-0.39, 0.29) is 5.92 Å². The Balaban J connectivity index is 2.39. The van der Waals surface area contributed by atoms with E-state index in [1.807, 2.05) is 42.5 Å². The third-order valence-corrected chi connectivity index (χ3v) is 2.97. The highest BCUT2D eigenvalue weighted by atomic mass is 14.4. The molecule has 0 saturated heterocycles. The van der Waals surface area contributed by atoms with Crippen molar-refractivity contribution >= 4 is 0 Å². The summed E-state index contributed by atoms with van der Waals surface area (Å²) in [5.41, 5.74) is 2.18. The van der Waals surface area contributed by atoms with Gasteiger partial charge in [0.2, 0.25) is 0 Å².